The molecule has 0 amide bonds. The summed E-state index contributed by atoms with van der Waals surface area (Å²) in [7, 11) is 1.59. The van der Waals surface area contributed by atoms with Crippen molar-refractivity contribution in [3.8, 4) is 5.75 Å². The van der Waals surface area contributed by atoms with Gasteiger partial charge in [-0.1, -0.05) is 23.8 Å². The Bertz CT molecular complexity index is 677. The maximum atomic E-state index is 12.7. The van der Waals surface area contributed by atoms with Crippen molar-refractivity contribution >= 4 is 5.78 Å². The Morgan fingerprint density at radius 3 is 2.70 bits per heavy atom. The van der Waals surface area contributed by atoms with Gasteiger partial charge >= 0.3 is 0 Å². The van der Waals surface area contributed by atoms with E-state index in [1.807, 2.05) is 43.3 Å². The van der Waals surface area contributed by atoms with Gasteiger partial charge < -0.3 is 10.1 Å². The molecule has 0 atom stereocenters. The summed E-state index contributed by atoms with van der Waals surface area (Å²) >= 11 is 0. The summed E-state index contributed by atoms with van der Waals surface area (Å²) in [6.07, 6.45) is 0. The molecule has 1 heterocycles. The topological polar surface area (TPSA) is 38.3 Å². The number of methoxy groups -OCH3 is 1. The van der Waals surface area contributed by atoms with E-state index in [-0.39, 0.29) is 5.78 Å². The third-order valence-electron chi connectivity index (χ3n) is 3.70. The Balaban J connectivity index is 2.02. The first-order valence-corrected chi connectivity index (χ1v) is 6.71. The normalized spacial score (nSPS) is 13.1. The molecular formula is C17H17NO2. The van der Waals surface area contributed by atoms with E-state index in [4.69, 9.17) is 4.74 Å². The number of nitrogens with one attached hydrogen (secondary N) is 1. The molecule has 0 aliphatic carbocycles. The molecule has 20 heavy (non-hydrogen) atoms. The zero-order chi connectivity index (χ0) is 14.1. The van der Waals surface area contributed by atoms with Crippen LogP contribution in [0.2, 0.25) is 0 Å². The molecule has 0 aromatic heterocycles. The summed E-state index contributed by atoms with van der Waals surface area (Å²) in [6, 6.07) is 11.6. The van der Waals surface area contributed by atoms with Crippen LogP contribution in [0.15, 0.2) is 36.4 Å². The maximum absolute atomic E-state index is 12.7. The smallest absolute Gasteiger partial charge is 0.196 e. The third-order valence-corrected chi connectivity index (χ3v) is 3.70. The minimum atomic E-state index is 0.0141. The zero-order valence-electron chi connectivity index (χ0n) is 11.7. The van der Waals surface area contributed by atoms with Crippen LogP contribution in [-0.2, 0) is 13.1 Å². The molecule has 1 N–H and O–H groups in total. The Morgan fingerprint density at radius 1 is 1.10 bits per heavy atom. The van der Waals surface area contributed by atoms with Crippen LogP contribution in [0.4, 0.5) is 0 Å². The summed E-state index contributed by atoms with van der Waals surface area (Å²) < 4.78 is 5.30. The number of hydrogen-bond acceptors (Lipinski definition) is 3. The molecule has 0 unspecified atom stereocenters. The molecule has 3 heteroatoms. The van der Waals surface area contributed by atoms with Gasteiger partial charge in [0.25, 0.3) is 0 Å². The molecule has 3 rings (SSSR count). The first kappa shape index (κ1) is 12.9. The van der Waals surface area contributed by atoms with Gasteiger partial charge in [-0.2, -0.15) is 0 Å². The van der Waals surface area contributed by atoms with Gasteiger partial charge in [0.05, 0.1) is 12.7 Å². The fraction of sp³-hybridized carbons (Fsp3) is 0.235. The van der Waals surface area contributed by atoms with Crippen molar-refractivity contribution in [2.24, 2.45) is 0 Å². The predicted octanol–water partition coefficient (Wildman–Crippen LogP) is 2.84. The number of carbonyl (C=O) groups excluding carboxylic acids is 1. The lowest BCUT2D eigenvalue weighted by Gasteiger charge is -2.09. The molecule has 0 spiro atoms. The maximum Gasteiger partial charge on any atom is 0.196 e. The summed E-state index contributed by atoms with van der Waals surface area (Å²) in [5.74, 6) is 0.638. The van der Waals surface area contributed by atoms with Crippen molar-refractivity contribution in [2.75, 3.05) is 7.11 Å². The van der Waals surface area contributed by atoms with Crippen LogP contribution in [0.5, 0.6) is 5.75 Å². The molecule has 0 saturated heterocycles. The first-order chi connectivity index (χ1) is 9.69. The van der Waals surface area contributed by atoms with E-state index >= 15 is 0 Å². The van der Waals surface area contributed by atoms with Crippen molar-refractivity contribution in [2.45, 2.75) is 20.0 Å². The van der Waals surface area contributed by atoms with E-state index in [1.54, 1.807) is 7.11 Å². The van der Waals surface area contributed by atoms with Crippen LogP contribution in [0, 0.1) is 6.92 Å². The van der Waals surface area contributed by atoms with E-state index < -0.39 is 0 Å². The minimum absolute atomic E-state index is 0.0141. The highest BCUT2D eigenvalue weighted by molar-refractivity contribution is 6.11. The standard InChI is InChI=1S/C17H17NO2/c1-11-3-6-16(20-2)15(7-11)17(19)12-4-5-13-9-18-10-14(13)8-12/h3-8,18H,9-10H2,1-2H3. The van der Waals surface area contributed by atoms with Gasteiger partial charge in [-0.3, -0.25) is 4.79 Å². The average molecular weight is 267 g/mol. The lowest BCUT2D eigenvalue weighted by atomic mass is 9.97. The molecule has 0 saturated carbocycles. The quantitative estimate of drug-likeness (QED) is 0.869. The number of benzene rings is 2. The number of rotatable bonds is 3. The second kappa shape index (κ2) is 5.10. The van der Waals surface area contributed by atoms with Crippen molar-refractivity contribution in [1.82, 2.24) is 5.32 Å². The fourth-order valence-corrected chi connectivity index (χ4v) is 2.59. The largest absolute Gasteiger partial charge is 0.496 e. The monoisotopic (exact) mass is 267 g/mol. The van der Waals surface area contributed by atoms with E-state index in [2.05, 4.69) is 5.32 Å². The fourth-order valence-electron chi connectivity index (χ4n) is 2.59. The zero-order valence-corrected chi connectivity index (χ0v) is 11.7. The van der Waals surface area contributed by atoms with E-state index in [1.165, 1.54) is 11.1 Å². The molecule has 1 aliphatic rings. The number of fused-ring (bicyclic) bond motifs is 1. The van der Waals surface area contributed by atoms with Gasteiger partial charge in [-0.05, 0) is 36.2 Å². The Kier molecular flexibility index (Phi) is 3.28. The van der Waals surface area contributed by atoms with Crippen LogP contribution in [0.25, 0.3) is 0 Å². The highest BCUT2D eigenvalue weighted by Crippen LogP contribution is 2.25. The Morgan fingerprint density at radius 2 is 1.90 bits per heavy atom. The van der Waals surface area contributed by atoms with Crippen LogP contribution in [0.3, 0.4) is 0 Å². The Labute approximate surface area is 118 Å². The molecule has 3 nitrogen and oxygen atoms in total. The molecule has 0 radical (unpaired) electrons. The molecule has 0 bridgehead atoms. The number of ether oxygens (including phenoxy) is 1. The molecule has 1 aliphatic heterocycles. The van der Waals surface area contributed by atoms with Gasteiger partial charge in [0.15, 0.2) is 5.78 Å². The van der Waals surface area contributed by atoms with Crippen LogP contribution in [0.1, 0.15) is 32.6 Å². The number of carbonyl (C=O) groups is 1. The molecule has 2 aromatic rings. The minimum Gasteiger partial charge on any atom is -0.496 e. The predicted molar refractivity (Wildman–Crippen MR) is 78.1 cm³/mol. The van der Waals surface area contributed by atoms with Crippen LogP contribution < -0.4 is 10.1 Å². The van der Waals surface area contributed by atoms with Gasteiger partial charge in [0, 0.05) is 18.7 Å². The highest BCUT2D eigenvalue weighted by atomic mass is 16.5. The van der Waals surface area contributed by atoms with Gasteiger partial charge in [-0.25, -0.2) is 0 Å². The van der Waals surface area contributed by atoms with E-state index in [0.717, 1.165) is 24.2 Å². The van der Waals surface area contributed by atoms with Crippen LogP contribution >= 0.6 is 0 Å². The second-order valence-corrected chi connectivity index (χ2v) is 5.12. The first-order valence-electron chi connectivity index (χ1n) is 6.71. The van der Waals surface area contributed by atoms with Crippen molar-refractivity contribution in [3.63, 3.8) is 0 Å². The number of hydrogen-bond donors (Lipinski definition) is 1. The summed E-state index contributed by atoms with van der Waals surface area (Å²) in [5, 5.41) is 3.29. The molecule has 2 aromatic carbocycles. The summed E-state index contributed by atoms with van der Waals surface area (Å²) in [6.45, 7) is 3.70. The van der Waals surface area contributed by atoms with Crippen molar-refractivity contribution in [1.29, 1.82) is 0 Å². The SMILES string of the molecule is COc1ccc(C)cc1C(=O)c1ccc2c(c1)CNC2. The van der Waals surface area contributed by atoms with E-state index in [0.29, 0.717) is 11.3 Å². The second-order valence-electron chi connectivity index (χ2n) is 5.12. The van der Waals surface area contributed by atoms with Crippen molar-refractivity contribution in [3.05, 3.63) is 64.2 Å². The lowest BCUT2D eigenvalue weighted by molar-refractivity contribution is 0.103. The average Bonchev–Trinajstić information content (AvgIpc) is 2.93. The lowest BCUT2D eigenvalue weighted by Crippen LogP contribution is -2.05. The molecular weight excluding hydrogens is 250 g/mol. The summed E-state index contributed by atoms with van der Waals surface area (Å²) in [5.41, 5.74) is 4.88. The number of ketones is 1. The highest BCUT2D eigenvalue weighted by Gasteiger charge is 2.17. The third kappa shape index (κ3) is 2.21. The van der Waals surface area contributed by atoms with Gasteiger partial charge in [0.2, 0.25) is 0 Å². The molecule has 0 fully saturated rings. The van der Waals surface area contributed by atoms with Gasteiger partial charge in [0.1, 0.15) is 5.75 Å². The Hall–Kier alpha value is -2.13. The van der Waals surface area contributed by atoms with E-state index in [9.17, 15) is 4.79 Å². The van der Waals surface area contributed by atoms with Gasteiger partial charge in [-0.15, -0.1) is 0 Å². The number of aryl methyl sites for hydroxylation is 1. The summed E-state index contributed by atoms with van der Waals surface area (Å²) in [4.78, 5) is 12.7. The molecule has 102 valence electrons. The van der Waals surface area contributed by atoms with Crippen molar-refractivity contribution < 1.29 is 9.53 Å². The van der Waals surface area contributed by atoms with Crippen LogP contribution in [-0.4, -0.2) is 12.9 Å².